The molecule has 4 heteroatoms. The Kier molecular flexibility index (Phi) is 7.34. The molecule has 0 aromatic heterocycles. The zero-order valence-electron chi connectivity index (χ0n) is 11.1. The Morgan fingerprint density at radius 2 is 2.00 bits per heavy atom. The van der Waals surface area contributed by atoms with Crippen molar-refractivity contribution in [2.24, 2.45) is 5.92 Å². The molecule has 1 atom stereocenters. The van der Waals surface area contributed by atoms with Gasteiger partial charge in [-0.25, -0.2) is 4.79 Å². The molecule has 0 bridgehead atoms. The molecular weight excluding hydrogens is 206 g/mol. The molecule has 0 saturated carbocycles. The number of hydrogen-bond donors (Lipinski definition) is 1. The van der Waals surface area contributed by atoms with Crippen molar-refractivity contribution in [1.82, 2.24) is 5.32 Å². The molecule has 0 aliphatic heterocycles. The van der Waals surface area contributed by atoms with Crippen LogP contribution in [0.15, 0.2) is 0 Å². The smallest absolute Gasteiger partial charge is 0.328 e. The van der Waals surface area contributed by atoms with E-state index >= 15 is 0 Å². The quantitative estimate of drug-likeness (QED) is 0.644. The fraction of sp³-hybridized carbons (Fsp3) is 0.917. The topological polar surface area (TPSA) is 47.6 Å². The zero-order chi connectivity index (χ0) is 12.6. The first-order valence-electron chi connectivity index (χ1n) is 5.96. The van der Waals surface area contributed by atoms with Gasteiger partial charge in [0.05, 0.1) is 13.2 Å². The molecule has 0 aliphatic carbocycles. The van der Waals surface area contributed by atoms with E-state index in [-0.39, 0.29) is 5.97 Å². The van der Waals surface area contributed by atoms with E-state index in [1.807, 2.05) is 13.8 Å². The largest absolute Gasteiger partial charge is 0.465 e. The van der Waals surface area contributed by atoms with Crippen LogP contribution in [0.5, 0.6) is 0 Å². The number of likely N-dealkylation sites (N-methyl/N-ethyl adjacent to an activating group) is 1. The molecule has 1 unspecified atom stereocenters. The lowest BCUT2D eigenvalue weighted by Gasteiger charge is -2.28. The summed E-state index contributed by atoms with van der Waals surface area (Å²) in [6, 6.07) is 0. The van der Waals surface area contributed by atoms with Gasteiger partial charge in [-0.05, 0) is 26.3 Å². The fourth-order valence-corrected chi connectivity index (χ4v) is 1.36. The average molecular weight is 231 g/mol. The molecule has 96 valence electrons. The van der Waals surface area contributed by atoms with Crippen molar-refractivity contribution in [3.63, 3.8) is 0 Å². The van der Waals surface area contributed by atoms with E-state index in [0.29, 0.717) is 32.3 Å². The maximum absolute atomic E-state index is 11.8. The maximum Gasteiger partial charge on any atom is 0.328 e. The average Bonchev–Trinajstić information content (AvgIpc) is 2.17. The van der Waals surface area contributed by atoms with Crippen molar-refractivity contribution >= 4 is 5.97 Å². The van der Waals surface area contributed by atoms with Gasteiger partial charge < -0.3 is 14.8 Å². The lowest BCUT2D eigenvalue weighted by Crippen LogP contribution is -2.54. The minimum atomic E-state index is -0.736. The highest BCUT2D eigenvalue weighted by molar-refractivity contribution is 5.80. The summed E-state index contributed by atoms with van der Waals surface area (Å²) < 4.78 is 10.6. The number of carbonyl (C=O) groups excluding carboxylic acids is 1. The molecular formula is C12H25NO3. The first-order chi connectivity index (χ1) is 7.46. The second-order valence-electron chi connectivity index (χ2n) is 4.49. The van der Waals surface area contributed by atoms with E-state index in [1.165, 1.54) is 0 Å². The molecule has 0 aliphatic rings. The van der Waals surface area contributed by atoms with E-state index in [0.717, 1.165) is 0 Å². The molecule has 0 aromatic rings. The normalized spacial score (nSPS) is 14.9. The van der Waals surface area contributed by atoms with Crippen LogP contribution in [0.3, 0.4) is 0 Å². The molecule has 0 aromatic carbocycles. The van der Waals surface area contributed by atoms with Crippen molar-refractivity contribution in [1.29, 1.82) is 0 Å². The monoisotopic (exact) mass is 231 g/mol. The summed E-state index contributed by atoms with van der Waals surface area (Å²) in [4.78, 5) is 11.8. The van der Waals surface area contributed by atoms with Crippen molar-refractivity contribution in [3.05, 3.63) is 0 Å². The number of nitrogens with one attached hydrogen (secondary N) is 1. The molecule has 0 radical (unpaired) electrons. The van der Waals surface area contributed by atoms with Gasteiger partial charge in [-0.1, -0.05) is 20.8 Å². The highest BCUT2D eigenvalue weighted by Gasteiger charge is 2.34. The Hall–Kier alpha value is -0.610. The van der Waals surface area contributed by atoms with Crippen LogP contribution in [-0.4, -0.2) is 37.9 Å². The van der Waals surface area contributed by atoms with Crippen molar-refractivity contribution in [2.45, 2.75) is 40.2 Å². The number of carbonyl (C=O) groups is 1. The minimum absolute atomic E-state index is 0.249. The lowest BCUT2D eigenvalue weighted by molar-refractivity contribution is -0.153. The van der Waals surface area contributed by atoms with E-state index in [4.69, 9.17) is 9.47 Å². The summed E-state index contributed by atoms with van der Waals surface area (Å²) in [5.74, 6) is 0.216. The summed E-state index contributed by atoms with van der Waals surface area (Å²) in [5, 5.41) is 3.12. The van der Waals surface area contributed by atoms with Crippen LogP contribution in [0, 0.1) is 5.92 Å². The fourth-order valence-electron chi connectivity index (χ4n) is 1.36. The highest BCUT2D eigenvalue weighted by atomic mass is 16.5. The van der Waals surface area contributed by atoms with Gasteiger partial charge in [0.25, 0.3) is 0 Å². The molecule has 0 amide bonds. The molecule has 0 rings (SSSR count). The van der Waals surface area contributed by atoms with E-state index in [9.17, 15) is 4.79 Å². The Morgan fingerprint density at radius 3 is 2.44 bits per heavy atom. The summed E-state index contributed by atoms with van der Waals surface area (Å²) >= 11 is 0. The molecule has 0 heterocycles. The van der Waals surface area contributed by atoms with Crippen molar-refractivity contribution in [3.8, 4) is 0 Å². The number of rotatable bonds is 8. The molecule has 4 nitrogen and oxygen atoms in total. The van der Waals surface area contributed by atoms with E-state index < -0.39 is 5.54 Å². The van der Waals surface area contributed by atoms with Crippen LogP contribution < -0.4 is 5.32 Å². The van der Waals surface area contributed by atoms with Crippen LogP contribution in [0.1, 0.15) is 34.6 Å². The Balaban J connectivity index is 4.26. The van der Waals surface area contributed by atoms with Crippen LogP contribution >= 0.6 is 0 Å². The van der Waals surface area contributed by atoms with Gasteiger partial charge in [0.2, 0.25) is 0 Å². The third kappa shape index (κ3) is 5.47. The first kappa shape index (κ1) is 15.4. The van der Waals surface area contributed by atoms with Gasteiger partial charge in [0, 0.05) is 6.61 Å². The second kappa shape index (κ2) is 7.63. The summed E-state index contributed by atoms with van der Waals surface area (Å²) in [6.07, 6.45) is 0. The molecule has 0 fully saturated rings. The molecule has 0 spiro atoms. The van der Waals surface area contributed by atoms with Crippen LogP contribution in [0.4, 0.5) is 0 Å². The molecule has 0 saturated heterocycles. The van der Waals surface area contributed by atoms with Gasteiger partial charge in [0.15, 0.2) is 0 Å². The SMILES string of the molecule is CCNC(C)(COCC(C)C)C(=O)OCC. The van der Waals surface area contributed by atoms with Crippen LogP contribution in [0.2, 0.25) is 0 Å². The predicted molar refractivity (Wildman–Crippen MR) is 64.4 cm³/mol. The summed E-state index contributed by atoms with van der Waals surface area (Å²) in [6.45, 7) is 11.8. The standard InChI is InChI=1S/C12H25NO3/c1-6-13-12(5,11(14)16-7-2)9-15-8-10(3)4/h10,13H,6-9H2,1-5H3. The highest BCUT2D eigenvalue weighted by Crippen LogP contribution is 2.08. The second-order valence-corrected chi connectivity index (χ2v) is 4.49. The van der Waals surface area contributed by atoms with Gasteiger partial charge in [0.1, 0.15) is 5.54 Å². The maximum atomic E-state index is 11.8. The Morgan fingerprint density at radius 1 is 1.38 bits per heavy atom. The zero-order valence-corrected chi connectivity index (χ0v) is 11.1. The number of hydrogen-bond acceptors (Lipinski definition) is 4. The third-order valence-corrected chi connectivity index (χ3v) is 2.13. The van der Waals surface area contributed by atoms with Gasteiger partial charge >= 0.3 is 5.97 Å². The summed E-state index contributed by atoms with van der Waals surface area (Å²) in [5.41, 5.74) is -0.736. The van der Waals surface area contributed by atoms with Gasteiger partial charge in [-0.15, -0.1) is 0 Å². The third-order valence-electron chi connectivity index (χ3n) is 2.13. The van der Waals surface area contributed by atoms with Crippen molar-refractivity contribution in [2.75, 3.05) is 26.4 Å². The minimum Gasteiger partial charge on any atom is -0.465 e. The number of ether oxygens (including phenoxy) is 2. The summed E-state index contributed by atoms with van der Waals surface area (Å²) in [7, 11) is 0. The van der Waals surface area contributed by atoms with E-state index in [2.05, 4.69) is 19.2 Å². The predicted octanol–water partition coefficient (Wildman–Crippen LogP) is 1.59. The van der Waals surface area contributed by atoms with E-state index in [1.54, 1.807) is 6.92 Å². The van der Waals surface area contributed by atoms with Crippen LogP contribution in [0.25, 0.3) is 0 Å². The van der Waals surface area contributed by atoms with Gasteiger partial charge in [-0.2, -0.15) is 0 Å². The lowest BCUT2D eigenvalue weighted by atomic mass is 10.0. The Labute approximate surface area is 98.7 Å². The van der Waals surface area contributed by atoms with Crippen LogP contribution in [-0.2, 0) is 14.3 Å². The van der Waals surface area contributed by atoms with Crippen molar-refractivity contribution < 1.29 is 14.3 Å². The van der Waals surface area contributed by atoms with Gasteiger partial charge in [-0.3, -0.25) is 0 Å². The Bertz CT molecular complexity index is 206. The molecule has 16 heavy (non-hydrogen) atoms. The number of esters is 1. The molecule has 1 N–H and O–H groups in total. The first-order valence-corrected chi connectivity index (χ1v) is 5.96.